The van der Waals surface area contributed by atoms with Gasteiger partial charge in [0.15, 0.2) is 16.3 Å². The molecule has 0 aromatic heterocycles. The molecular weight excluding hydrogens is 339 g/mol. The van der Waals surface area contributed by atoms with Crippen molar-refractivity contribution in [3.05, 3.63) is 35.6 Å². The Morgan fingerprint density at radius 3 is 2.40 bits per heavy atom. The van der Waals surface area contributed by atoms with Crippen molar-refractivity contribution in [2.75, 3.05) is 0 Å². The number of carbonyl (C=O) groups excluding carboxylic acids is 1. The maximum absolute atomic E-state index is 13.9. The van der Waals surface area contributed by atoms with Crippen molar-refractivity contribution in [1.29, 1.82) is 0 Å². The largest absolute Gasteiger partial charge is 0.383 e. The van der Waals surface area contributed by atoms with E-state index in [1.807, 2.05) is 0 Å². The van der Waals surface area contributed by atoms with Gasteiger partial charge in [-0.05, 0) is 13.0 Å². The molecule has 1 aliphatic carbocycles. The highest BCUT2D eigenvalue weighted by atomic mass is 79.9. The van der Waals surface area contributed by atoms with Crippen molar-refractivity contribution >= 4 is 22.2 Å². The summed E-state index contributed by atoms with van der Waals surface area (Å²) in [4.78, 5) is 11.9. The number of rotatable bonds is 3. The van der Waals surface area contributed by atoms with Gasteiger partial charge in [-0.2, -0.15) is 0 Å². The lowest BCUT2D eigenvalue weighted by Crippen LogP contribution is -2.65. The monoisotopic (exact) mass is 351 g/mol. The molecule has 1 fully saturated rings. The molecule has 1 aromatic carbocycles. The van der Waals surface area contributed by atoms with Gasteiger partial charge >= 0.3 is 5.97 Å². The molecule has 0 heterocycles. The summed E-state index contributed by atoms with van der Waals surface area (Å²) in [7, 11) is 0. The fraction of sp³-hybridized carbons (Fsp3) is 0.462. The summed E-state index contributed by atoms with van der Waals surface area (Å²) in [6, 6.07) is 5.55. The Labute approximate surface area is 122 Å². The van der Waals surface area contributed by atoms with E-state index >= 15 is 0 Å². The Hall–Kier alpha value is -1.08. The smallest absolute Gasteiger partial charge is 0.326 e. The average molecular weight is 352 g/mol. The molecule has 7 heteroatoms. The van der Waals surface area contributed by atoms with Crippen LogP contribution >= 0.6 is 16.3 Å². The van der Waals surface area contributed by atoms with Gasteiger partial charge in [0.2, 0.25) is 0 Å². The molecule has 110 valence electrons. The van der Waals surface area contributed by atoms with E-state index in [9.17, 15) is 18.0 Å². The number of hydrogen-bond acceptors (Lipinski definition) is 3. The van der Waals surface area contributed by atoms with E-state index in [1.165, 1.54) is 31.2 Å². The molecule has 0 unspecified atom stereocenters. The molecule has 3 nitrogen and oxygen atoms in total. The first-order valence-electron chi connectivity index (χ1n) is 5.91. The van der Waals surface area contributed by atoms with E-state index in [4.69, 9.17) is 5.73 Å². The maximum atomic E-state index is 13.9. The molecule has 1 aliphatic rings. The molecule has 2 N–H and O–H groups in total. The number of halogens is 4. The first-order chi connectivity index (χ1) is 9.16. The number of benzene rings is 1. The van der Waals surface area contributed by atoms with Crippen molar-refractivity contribution in [3.63, 3.8) is 0 Å². The topological polar surface area (TPSA) is 52.3 Å². The minimum absolute atomic E-state index is 0.00778. The van der Waals surface area contributed by atoms with Crippen LogP contribution in [0, 0.1) is 11.2 Å². The van der Waals surface area contributed by atoms with Gasteiger partial charge in [-0.1, -0.05) is 18.2 Å². The second-order valence-corrected chi connectivity index (χ2v) is 5.66. The summed E-state index contributed by atoms with van der Waals surface area (Å²) >= 11 is 2.50. The molecule has 2 rings (SSSR count). The summed E-state index contributed by atoms with van der Waals surface area (Å²) in [5.41, 5.74) is 2.82. The molecule has 1 aromatic rings. The van der Waals surface area contributed by atoms with Crippen molar-refractivity contribution in [2.24, 2.45) is 11.1 Å². The van der Waals surface area contributed by atoms with E-state index < -0.39 is 41.5 Å². The zero-order valence-corrected chi connectivity index (χ0v) is 12.2. The number of carbonyl (C=O) groups is 1. The quantitative estimate of drug-likeness (QED) is 0.909. The lowest BCUT2D eigenvalue weighted by Gasteiger charge is -2.53. The fourth-order valence-electron chi connectivity index (χ4n) is 2.77. The molecule has 0 amide bonds. The second-order valence-electron chi connectivity index (χ2n) is 5.34. The third-order valence-corrected chi connectivity index (χ3v) is 4.30. The van der Waals surface area contributed by atoms with E-state index in [1.54, 1.807) is 0 Å². The standard InChI is InChI=1S/C13H13BrF3NO2/c1-11(18,8-4-2-3-5-9(8)15)12(10(19)20-14)6-13(16,17)7-12/h2-5H,6-7,18H2,1H3/t11-/m1/s1. The zero-order valence-electron chi connectivity index (χ0n) is 10.6. The van der Waals surface area contributed by atoms with Crippen LogP contribution in [0.2, 0.25) is 0 Å². The first kappa shape index (κ1) is 15.3. The number of nitrogens with two attached hydrogens (primary N) is 1. The van der Waals surface area contributed by atoms with E-state index in [2.05, 4.69) is 20.1 Å². The average Bonchev–Trinajstić information content (AvgIpc) is 2.34. The highest BCUT2D eigenvalue weighted by molar-refractivity contribution is 9.06. The van der Waals surface area contributed by atoms with Crippen molar-refractivity contribution in [2.45, 2.75) is 31.2 Å². The van der Waals surface area contributed by atoms with Crippen LogP contribution < -0.4 is 5.73 Å². The summed E-state index contributed by atoms with van der Waals surface area (Å²) in [5.74, 6) is -4.57. The summed E-state index contributed by atoms with van der Waals surface area (Å²) in [6.45, 7) is 1.37. The van der Waals surface area contributed by atoms with E-state index in [0.717, 1.165) is 0 Å². The SMILES string of the molecule is C[C@@](N)(c1ccccc1F)C1(C(=O)OBr)CC(F)(F)C1. The van der Waals surface area contributed by atoms with Crippen LogP contribution in [0.15, 0.2) is 24.3 Å². The highest BCUT2D eigenvalue weighted by Gasteiger charge is 2.69. The molecule has 0 radical (unpaired) electrons. The van der Waals surface area contributed by atoms with Crippen molar-refractivity contribution in [1.82, 2.24) is 0 Å². The van der Waals surface area contributed by atoms with Gasteiger partial charge in [0.1, 0.15) is 11.2 Å². The molecule has 1 saturated carbocycles. The Morgan fingerprint density at radius 2 is 1.95 bits per heavy atom. The Kier molecular flexibility index (Phi) is 3.62. The molecular formula is C13H13BrF3NO2. The van der Waals surface area contributed by atoms with Gasteiger partial charge in [0.25, 0.3) is 5.92 Å². The van der Waals surface area contributed by atoms with Crippen LogP contribution in [0.3, 0.4) is 0 Å². The van der Waals surface area contributed by atoms with Crippen LogP contribution in [0.1, 0.15) is 25.3 Å². The maximum Gasteiger partial charge on any atom is 0.326 e. The third kappa shape index (κ3) is 2.13. The summed E-state index contributed by atoms with van der Waals surface area (Å²) < 4.78 is 44.9. The van der Waals surface area contributed by atoms with Crippen LogP contribution in [0.5, 0.6) is 0 Å². The van der Waals surface area contributed by atoms with Gasteiger partial charge < -0.3 is 9.56 Å². The lowest BCUT2D eigenvalue weighted by molar-refractivity contribution is -0.206. The molecule has 0 bridgehead atoms. The minimum atomic E-state index is -3.01. The Balaban J connectivity index is 2.49. The van der Waals surface area contributed by atoms with Gasteiger partial charge in [0.05, 0.1) is 5.54 Å². The first-order valence-corrected chi connectivity index (χ1v) is 6.56. The van der Waals surface area contributed by atoms with Crippen LogP contribution in [-0.2, 0) is 14.2 Å². The van der Waals surface area contributed by atoms with Gasteiger partial charge in [0, 0.05) is 18.4 Å². The number of hydrogen-bond donors (Lipinski definition) is 1. The van der Waals surface area contributed by atoms with Gasteiger partial charge in [-0.15, -0.1) is 0 Å². The Morgan fingerprint density at radius 1 is 1.40 bits per heavy atom. The van der Waals surface area contributed by atoms with Gasteiger partial charge in [-0.25, -0.2) is 13.2 Å². The minimum Gasteiger partial charge on any atom is -0.383 e. The van der Waals surface area contributed by atoms with E-state index in [0.29, 0.717) is 0 Å². The zero-order chi connectivity index (χ0) is 15.2. The van der Waals surface area contributed by atoms with Crippen LogP contribution in [0.4, 0.5) is 13.2 Å². The van der Waals surface area contributed by atoms with Crippen molar-refractivity contribution in [3.8, 4) is 0 Å². The predicted molar refractivity (Wildman–Crippen MR) is 69.6 cm³/mol. The summed E-state index contributed by atoms with van der Waals surface area (Å²) in [6.07, 6.45) is -1.54. The predicted octanol–water partition coefficient (Wildman–Crippen LogP) is 3.27. The highest BCUT2D eigenvalue weighted by Crippen LogP contribution is 2.60. The van der Waals surface area contributed by atoms with Crippen LogP contribution in [-0.4, -0.2) is 11.9 Å². The third-order valence-electron chi connectivity index (χ3n) is 4.01. The molecule has 0 spiro atoms. The normalized spacial score (nSPS) is 22.5. The molecule has 0 saturated heterocycles. The van der Waals surface area contributed by atoms with E-state index in [-0.39, 0.29) is 5.56 Å². The van der Waals surface area contributed by atoms with Crippen LogP contribution in [0.25, 0.3) is 0 Å². The number of alkyl halides is 2. The fourth-order valence-corrected chi connectivity index (χ4v) is 3.08. The lowest BCUT2D eigenvalue weighted by atomic mass is 9.54. The Bertz CT molecular complexity index is 540. The van der Waals surface area contributed by atoms with Crippen molar-refractivity contribution < 1.29 is 21.8 Å². The molecule has 20 heavy (non-hydrogen) atoms. The van der Waals surface area contributed by atoms with Gasteiger partial charge in [-0.3, -0.25) is 4.79 Å². The second kappa shape index (κ2) is 4.73. The molecule has 1 atom stereocenters. The summed E-state index contributed by atoms with van der Waals surface area (Å²) in [5, 5.41) is 0. The molecule has 0 aliphatic heterocycles.